The van der Waals surface area contributed by atoms with Crippen molar-refractivity contribution in [2.24, 2.45) is 5.41 Å². The molecule has 2 nitrogen and oxygen atoms in total. The standard InChI is InChI=1S/C11H16Br2N2/c1-8-10(13)9(2)15(14-8)7-11(6-12)4-3-5-11/h3-7H2,1-2H3. The van der Waals surface area contributed by atoms with Gasteiger partial charge in [0.25, 0.3) is 0 Å². The Bertz CT molecular complexity index is 361. The molecule has 1 saturated carbocycles. The second-order valence-electron chi connectivity index (χ2n) is 4.63. The molecular weight excluding hydrogens is 320 g/mol. The Morgan fingerprint density at radius 3 is 2.40 bits per heavy atom. The first-order valence-corrected chi connectivity index (χ1v) is 7.25. The molecule has 0 amide bonds. The van der Waals surface area contributed by atoms with Gasteiger partial charge in [-0.05, 0) is 48.0 Å². The van der Waals surface area contributed by atoms with Crippen LogP contribution in [0.2, 0.25) is 0 Å². The number of hydrogen-bond donors (Lipinski definition) is 0. The minimum Gasteiger partial charge on any atom is -0.268 e. The summed E-state index contributed by atoms with van der Waals surface area (Å²) in [5.74, 6) is 0. The fourth-order valence-electron chi connectivity index (χ4n) is 2.16. The topological polar surface area (TPSA) is 17.8 Å². The SMILES string of the molecule is Cc1nn(CC2(CBr)CCC2)c(C)c1Br. The molecule has 0 bridgehead atoms. The number of nitrogens with zero attached hydrogens (tertiary/aromatic N) is 2. The minimum absolute atomic E-state index is 0.461. The normalized spacial score (nSPS) is 18.9. The average molecular weight is 336 g/mol. The molecule has 2 rings (SSSR count). The highest BCUT2D eigenvalue weighted by atomic mass is 79.9. The maximum atomic E-state index is 4.57. The third-order valence-electron chi connectivity index (χ3n) is 3.48. The van der Waals surface area contributed by atoms with E-state index in [4.69, 9.17) is 0 Å². The molecule has 0 N–H and O–H groups in total. The van der Waals surface area contributed by atoms with Crippen molar-refractivity contribution < 1.29 is 0 Å². The van der Waals surface area contributed by atoms with Crippen molar-refractivity contribution in [3.63, 3.8) is 0 Å². The van der Waals surface area contributed by atoms with Crippen molar-refractivity contribution in [3.05, 3.63) is 15.9 Å². The molecule has 15 heavy (non-hydrogen) atoms. The predicted octanol–water partition coefficient (Wildman–Crippen LogP) is 3.83. The van der Waals surface area contributed by atoms with Gasteiger partial charge < -0.3 is 0 Å². The number of hydrogen-bond acceptors (Lipinski definition) is 1. The van der Waals surface area contributed by atoms with Gasteiger partial charge >= 0.3 is 0 Å². The Morgan fingerprint density at radius 1 is 1.40 bits per heavy atom. The minimum atomic E-state index is 0.461. The number of alkyl halides is 1. The van der Waals surface area contributed by atoms with Crippen LogP contribution < -0.4 is 0 Å². The van der Waals surface area contributed by atoms with Crippen LogP contribution in [-0.4, -0.2) is 15.1 Å². The lowest BCUT2D eigenvalue weighted by Crippen LogP contribution is -2.36. The summed E-state index contributed by atoms with van der Waals surface area (Å²) in [5, 5.41) is 5.67. The Morgan fingerprint density at radius 2 is 2.07 bits per heavy atom. The molecular formula is C11H16Br2N2. The van der Waals surface area contributed by atoms with E-state index in [1.54, 1.807) is 0 Å². The highest BCUT2D eigenvalue weighted by Gasteiger charge is 2.37. The van der Waals surface area contributed by atoms with Crippen LogP contribution in [-0.2, 0) is 6.54 Å². The summed E-state index contributed by atoms with van der Waals surface area (Å²) in [6, 6.07) is 0. The van der Waals surface area contributed by atoms with Crippen LogP contribution in [0.5, 0.6) is 0 Å². The smallest absolute Gasteiger partial charge is 0.0738 e. The molecule has 0 aromatic carbocycles. The Balaban J connectivity index is 2.20. The molecule has 0 radical (unpaired) electrons. The van der Waals surface area contributed by atoms with Gasteiger partial charge in [-0.25, -0.2) is 0 Å². The zero-order valence-electron chi connectivity index (χ0n) is 9.19. The van der Waals surface area contributed by atoms with Gasteiger partial charge in [0.2, 0.25) is 0 Å². The van der Waals surface area contributed by atoms with Crippen molar-refractivity contribution in [2.45, 2.75) is 39.7 Å². The summed E-state index contributed by atoms with van der Waals surface area (Å²) in [4.78, 5) is 0. The Labute approximate surface area is 108 Å². The van der Waals surface area contributed by atoms with Gasteiger partial charge in [0, 0.05) is 17.6 Å². The second-order valence-corrected chi connectivity index (χ2v) is 5.98. The highest BCUT2D eigenvalue weighted by Crippen LogP contribution is 2.44. The lowest BCUT2D eigenvalue weighted by atomic mass is 9.70. The molecule has 0 saturated heterocycles. The number of aromatic nitrogens is 2. The molecule has 0 atom stereocenters. The van der Waals surface area contributed by atoms with Gasteiger partial charge in [-0.15, -0.1) is 0 Å². The van der Waals surface area contributed by atoms with E-state index < -0.39 is 0 Å². The molecule has 1 aromatic rings. The molecule has 0 aliphatic heterocycles. The lowest BCUT2D eigenvalue weighted by molar-refractivity contribution is 0.132. The molecule has 0 spiro atoms. The summed E-state index contributed by atoms with van der Waals surface area (Å²) in [6.45, 7) is 5.23. The second kappa shape index (κ2) is 4.21. The Kier molecular flexibility index (Phi) is 3.27. The van der Waals surface area contributed by atoms with Crippen molar-refractivity contribution >= 4 is 31.9 Å². The molecule has 1 aliphatic rings. The number of aryl methyl sites for hydroxylation is 1. The van der Waals surface area contributed by atoms with Crippen LogP contribution in [0, 0.1) is 19.3 Å². The van der Waals surface area contributed by atoms with Crippen LogP contribution in [0.4, 0.5) is 0 Å². The molecule has 1 aromatic heterocycles. The molecule has 84 valence electrons. The van der Waals surface area contributed by atoms with E-state index in [2.05, 4.69) is 55.5 Å². The maximum Gasteiger partial charge on any atom is 0.0738 e. The monoisotopic (exact) mass is 334 g/mol. The number of halogens is 2. The Hall–Kier alpha value is 0.170. The summed E-state index contributed by atoms with van der Waals surface area (Å²) < 4.78 is 3.31. The lowest BCUT2D eigenvalue weighted by Gasteiger charge is -2.40. The molecule has 1 heterocycles. The first-order valence-electron chi connectivity index (χ1n) is 5.33. The van der Waals surface area contributed by atoms with Gasteiger partial charge in [-0.2, -0.15) is 5.10 Å². The molecule has 1 aliphatic carbocycles. The summed E-state index contributed by atoms with van der Waals surface area (Å²) in [5.41, 5.74) is 2.80. The maximum absolute atomic E-state index is 4.57. The molecule has 1 fully saturated rings. The third kappa shape index (κ3) is 2.03. The predicted molar refractivity (Wildman–Crippen MR) is 69.5 cm³/mol. The van der Waals surface area contributed by atoms with Crippen LogP contribution in [0.25, 0.3) is 0 Å². The van der Waals surface area contributed by atoms with E-state index in [9.17, 15) is 0 Å². The van der Waals surface area contributed by atoms with E-state index >= 15 is 0 Å². The van der Waals surface area contributed by atoms with Crippen LogP contribution in [0.1, 0.15) is 30.7 Å². The molecule has 4 heteroatoms. The van der Waals surface area contributed by atoms with E-state index in [1.165, 1.54) is 25.0 Å². The quantitative estimate of drug-likeness (QED) is 0.767. The van der Waals surface area contributed by atoms with Crippen molar-refractivity contribution in [1.29, 1.82) is 0 Å². The summed E-state index contributed by atoms with van der Waals surface area (Å²) >= 11 is 7.21. The zero-order valence-corrected chi connectivity index (χ0v) is 12.4. The van der Waals surface area contributed by atoms with Crippen LogP contribution >= 0.6 is 31.9 Å². The van der Waals surface area contributed by atoms with Crippen LogP contribution in [0.3, 0.4) is 0 Å². The van der Waals surface area contributed by atoms with E-state index in [0.29, 0.717) is 5.41 Å². The third-order valence-corrected chi connectivity index (χ3v) is 5.81. The largest absolute Gasteiger partial charge is 0.268 e. The van der Waals surface area contributed by atoms with E-state index in [-0.39, 0.29) is 0 Å². The first-order chi connectivity index (χ1) is 7.08. The van der Waals surface area contributed by atoms with Crippen molar-refractivity contribution in [2.75, 3.05) is 5.33 Å². The number of rotatable bonds is 3. The average Bonchev–Trinajstić information content (AvgIpc) is 2.40. The fraction of sp³-hybridized carbons (Fsp3) is 0.727. The van der Waals surface area contributed by atoms with Gasteiger partial charge in [0.05, 0.1) is 10.2 Å². The van der Waals surface area contributed by atoms with Gasteiger partial charge in [0.1, 0.15) is 0 Å². The zero-order chi connectivity index (χ0) is 11.1. The van der Waals surface area contributed by atoms with Gasteiger partial charge in [-0.3, -0.25) is 4.68 Å². The van der Waals surface area contributed by atoms with Gasteiger partial charge in [-0.1, -0.05) is 22.4 Å². The van der Waals surface area contributed by atoms with E-state index in [0.717, 1.165) is 22.0 Å². The van der Waals surface area contributed by atoms with Crippen LogP contribution in [0.15, 0.2) is 4.47 Å². The van der Waals surface area contributed by atoms with Crippen molar-refractivity contribution in [3.8, 4) is 0 Å². The highest BCUT2D eigenvalue weighted by molar-refractivity contribution is 9.10. The van der Waals surface area contributed by atoms with Gasteiger partial charge in [0.15, 0.2) is 0 Å². The first kappa shape index (κ1) is 11.6. The fourth-order valence-corrected chi connectivity index (χ4v) is 3.18. The van der Waals surface area contributed by atoms with Crippen molar-refractivity contribution in [1.82, 2.24) is 9.78 Å². The summed E-state index contributed by atoms with van der Waals surface area (Å²) in [7, 11) is 0. The molecule has 0 unspecified atom stereocenters. The summed E-state index contributed by atoms with van der Waals surface area (Å²) in [6.07, 6.45) is 4.02. The van der Waals surface area contributed by atoms with E-state index in [1.807, 2.05) is 0 Å².